The molecule has 268 valence electrons. The molecule has 0 N–H and O–H groups in total. The van der Waals surface area contributed by atoms with Crippen LogP contribution in [0.5, 0.6) is 0 Å². The van der Waals surface area contributed by atoms with E-state index in [9.17, 15) is 114 Å². The van der Waals surface area contributed by atoms with Crippen LogP contribution in [0.25, 0.3) is 0 Å². The van der Waals surface area contributed by atoms with E-state index in [1.165, 1.54) is 4.74 Å². The lowest BCUT2D eigenvalue weighted by Gasteiger charge is -2.55. The van der Waals surface area contributed by atoms with E-state index in [2.05, 4.69) is 0 Å². The van der Waals surface area contributed by atoms with E-state index >= 15 is 0 Å². The third-order valence-corrected chi connectivity index (χ3v) is 5.07. The summed E-state index contributed by atoms with van der Waals surface area (Å²) < 4.78 is 363. The molecule has 0 bridgehead atoms. The van der Waals surface area contributed by atoms with Gasteiger partial charge in [0.15, 0.2) is 0 Å². The third kappa shape index (κ3) is 4.82. The molecule has 1 saturated carbocycles. The van der Waals surface area contributed by atoms with Gasteiger partial charge in [0, 0.05) is 0 Å². The lowest BCUT2D eigenvalue weighted by atomic mass is 9.77. The van der Waals surface area contributed by atoms with Crippen LogP contribution in [-0.2, 0) is 23.7 Å². The van der Waals surface area contributed by atoms with Crippen molar-refractivity contribution >= 4 is 0 Å². The van der Waals surface area contributed by atoms with E-state index < -0.39 is 84.3 Å². The number of hydrogen-bond acceptors (Lipinski definition) is 5. The molecule has 45 heavy (non-hydrogen) atoms. The number of rotatable bonds is 0. The Morgan fingerprint density at radius 1 is 0.178 bits per heavy atom. The Morgan fingerprint density at radius 2 is 0.311 bits per heavy atom. The molecule has 0 radical (unpaired) electrons. The fourth-order valence-corrected chi connectivity index (χ4v) is 2.77. The smallest absolute Gasteiger partial charge is 0.265 e. The van der Waals surface area contributed by atoms with Gasteiger partial charge >= 0.3 is 84.3 Å². The third-order valence-electron chi connectivity index (χ3n) is 5.07. The lowest BCUT2D eigenvalue weighted by molar-refractivity contribution is -0.611. The molecule has 2 atom stereocenters. The fraction of sp³-hybridized carbons (Fsp3) is 1.00. The summed E-state index contributed by atoms with van der Waals surface area (Å²) in [7, 11) is 0. The van der Waals surface area contributed by atoms with Crippen molar-refractivity contribution in [3.63, 3.8) is 0 Å². The van der Waals surface area contributed by atoms with Crippen LogP contribution in [-0.4, -0.2) is 84.3 Å². The Labute approximate surface area is 223 Å². The van der Waals surface area contributed by atoms with Crippen molar-refractivity contribution in [3.8, 4) is 0 Å². The van der Waals surface area contributed by atoms with Gasteiger partial charge in [-0.05, 0) is 0 Å². The van der Waals surface area contributed by atoms with Gasteiger partial charge in [-0.3, -0.25) is 9.47 Å². The minimum absolute atomic E-state index is 1.12. The monoisotopic (exact) mass is 742 g/mol. The zero-order chi connectivity index (χ0) is 36.5. The first-order valence-corrected chi connectivity index (χ1v) is 9.45. The zero-order valence-electron chi connectivity index (χ0n) is 18.9. The Hall–Kier alpha value is -2.02. The summed E-state index contributed by atoms with van der Waals surface area (Å²) in [5, 5.41) is 0. The number of ether oxygens (including phenoxy) is 5. The Kier molecular flexibility index (Phi) is 8.11. The summed E-state index contributed by atoms with van der Waals surface area (Å²) >= 11 is 0. The van der Waals surface area contributed by atoms with Gasteiger partial charge in [-0.25, -0.2) is 14.2 Å². The van der Waals surface area contributed by atoms with E-state index in [0.29, 0.717) is 0 Å². The van der Waals surface area contributed by atoms with Crippen LogP contribution in [0.1, 0.15) is 0 Å². The van der Waals surface area contributed by atoms with Gasteiger partial charge in [0.05, 0.1) is 0 Å². The Morgan fingerprint density at radius 3 is 0.467 bits per heavy atom. The molecule has 1 aliphatic heterocycles. The second kappa shape index (κ2) is 9.32. The molecule has 1 aliphatic carbocycles. The molecule has 0 aromatic heterocycles. The second-order valence-corrected chi connectivity index (χ2v) is 8.13. The first-order valence-electron chi connectivity index (χ1n) is 9.45. The minimum Gasteiger partial charge on any atom is -0.265 e. The quantitative estimate of drug-likeness (QED) is 0.238. The van der Waals surface area contributed by atoms with Gasteiger partial charge in [0.1, 0.15) is 0 Å². The SMILES string of the molecule is FC1(F)OC(F)(F)C(F)(F)OC(F)(F)C(F)(F)O[C@@]2(F)C(F)(F)C(F)(F)C(F)(F)C(F)(F)[C@]2(F)OC(F)(F)C(F)(F)OC1(F)F. The molecule has 0 amide bonds. The van der Waals surface area contributed by atoms with Gasteiger partial charge in [-0.1, -0.05) is 0 Å². The highest BCUT2D eigenvalue weighted by molar-refractivity contribution is 5.24. The van der Waals surface area contributed by atoms with Crippen molar-refractivity contribution in [1.82, 2.24) is 0 Å². The van der Waals surface area contributed by atoms with Crippen LogP contribution in [0.15, 0.2) is 0 Å². The summed E-state index contributed by atoms with van der Waals surface area (Å²) in [6.45, 7) is 0. The molecular formula is C14F26O5. The molecule has 0 aromatic carbocycles. The highest BCUT2D eigenvalue weighted by Crippen LogP contribution is 2.72. The molecule has 2 aliphatic rings. The van der Waals surface area contributed by atoms with Crippen LogP contribution in [0, 0.1) is 0 Å². The lowest BCUT2D eigenvalue weighted by Crippen LogP contribution is -2.87. The van der Waals surface area contributed by atoms with Crippen molar-refractivity contribution in [3.05, 3.63) is 0 Å². The first-order chi connectivity index (χ1) is 19.0. The molecular weight excluding hydrogens is 742 g/mol. The molecule has 0 spiro atoms. The molecule has 0 aromatic rings. The van der Waals surface area contributed by atoms with Crippen LogP contribution in [0.4, 0.5) is 114 Å². The van der Waals surface area contributed by atoms with Crippen molar-refractivity contribution in [2.24, 2.45) is 0 Å². The maximum atomic E-state index is 14.9. The van der Waals surface area contributed by atoms with Crippen molar-refractivity contribution in [2.75, 3.05) is 0 Å². The Balaban J connectivity index is 3.16. The van der Waals surface area contributed by atoms with Crippen molar-refractivity contribution in [1.29, 1.82) is 0 Å². The van der Waals surface area contributed by atoms with Crippen LogP contribution in [0.3, 0.4) is 0 Å². The van der Waals surface area contributed by atoms with E-state index in [1.807, 2.05) is 0 Å². The van der Waals surface area contributed by atoms with E-state index in [4.69, 9.17) is 0 Å². The van der Waals surface area contributed by atoms with Crippen molar-refractivity contribution in [2.45, 2.75) is 84.3 Å². The molecule has 1 heterocycles. The maximum Gasteiger partial charge on any atom is 0.453 e. The largest absolute Gasteiger partial charge is 0.453 e. The number of hydrogen-bond donors (Lipinski definition) is 0. The normalized spacial score (nSPS) is 38.5. The predicted molar refractivity (Wildman–Crippen MR) is 72.5 cm³/mol. The van der Waals surface area contributed by atoms with E-state index in [0.717, 1.165) is 18.9 Å². The second-order valence-electron chi connectivity index (χ2n) is 8.13. The summed E-state index contributed by atoms with van der Waals surface area (Å²) in [4.78, 5) is 0. The van der Waals surface area contributed by atoms with Gasteiger partial charge in [-0.15, -0.1) is 0 Å². The van der Waals surface area contributed by atoms with E-state index in [1.54, 1.807) is 0 Å². The van der Waals surface area contributed by atoms with Crippen LogP contribution in [0.2, 0.25) is 0 Å². The average molecular weight is 742 g/mol. The molecule has 2 rings (SSSR count). The summed E-state index contributed by atoms with van der Waals surface area (Å²) in [6, 6.07) is 0. The van der Waals surface area contributed by atoms with Gasteiger partial charge in [0.2, 0.25) is 0 Å². The highest BCUT2D eigenvalue weighted by Gasteiger charge is 3.04. The van der Waals surface area contributed by atoms with Crippen LogP contribution >= 0.6 is 0 Å². The Bertz CT molecular complexity index is 1080. The zero-order valence-corrected chi connectivity index (χ0v) is 18.9. The first kappa shape index (κ1) is 39.2. The average Bonchev–Trinajstić information content (AvgIpc) is 2.73. The van der Waals surface area contributed by atoms with Gasteiger partial charge in [-0.2, -0.15) is 114 Å². The highest BCUT2D eigenvalue weighted by atomic mass is 19.4. The number of alkyl halides is 26. The summed E-state index contributed by atoms with van der Waals surface area (Å²) in [5.41, 5.74) is 0. The van der Waals surface area contributed by atoms with Crippen LogP contribution < -0.4 is 0 Å². The molecule has 1 saturated heterocycles. The molecule has 5 nitrogen and oxygen atoms in total. The minimum atomic E-state index is -9.08. The number of fused-ring (bicyclic) bond motifs is 1. The van der Waals surface area contributed by atoms with E-state index in [-0.39, 0.29) is 0 Å². The predicted octanol–water partition coefficient (Wildman–Crippen LogP) is 7.71. The van der Waals surface area contributed by atoms with Gasteiger partial charge in [0.25, 0.3) is 0 Å². The summed E-state index contributed by atoms with van der Waals surface area (Å²) in [5.74, 6) is -53.4. The molecule has 0 unspecified atom stereocenters. The van der Waals surface area contributed by atoms with Gasteiger partial charge < -0.3 is 0 Å². The fourth-order valence-electron chi connectivity index (χ4n) is 2.77. The van der Waals surface area contributed by atoms with Crippen molar-refractivity contribution < 1.29 is 138 Å². The number of halogens is 26. The topological polar surface area (TPSA) is 46.2 Å². The summed E-state index contributed by atoms with van der Waals surface area (Å²) in [6.07, 6.45) is -67.0. The maximum absolute atomic E-state index is 14.9. The standard InChI is InChI=1S/C14F26O5/c15-1(16)2(17,18)4(21,22)6(24)5(23,3(1,19)20)41-7(25,26)9(29,30)43-11(33,34)13(37,38)45-14(39,40)12(35,36)44-10(31,32)8(27,28)42-6/t5-,6-/m0/s1. The molecule has 31 heteroatoms. The molecule has 2 fully saturated rings.